The van der Waals surface area contributed by atoms with Crippen molar-refractivity contribution in [2.45, 2.75) is 18.9 Å². The van der Waals surface area contributed by atoms with Crippen molar-refractivity contribution in [3.05, 3.63) is 45.1 Å². The van der Waals surface area contributed by atoms with E-state index < -0.39 is 6.10 Å². The summed E-state index contributed by atoms with van der Waals surface area (Å²) in [6.07, 6.45) is 3.19. The largest absolute Gasteiger partial charge is 0.495 e. The number of hydrogen-bond donors (Lipinski definition) is 1. The Bertz CT molecular complexity index is 417. The van der Waals surface area contributed by atoms with E-state index in [1.807, 2.05) is 6.08 Å². The minimum Gasteiger partial charge on any atom is -0.495 e. The third-order valence-electron chi connectivity index (χ3n) is 2.49. The second kappa shape index (κ2) is 5.21. The molecule has 2 rings (SSSR count). The number of aliphatic hydroxyl groups is 1. The maximum atomic E-state index is 10.2. The van der Waals surface area contributed by atoms with E-state index in [0.717, 1.165) is 22.9 Å². The molecule has 1 atom stereocenters. The molecule has 0 saturated carbocycles. The molecule has 1 aromatic carbocycles. The van der Waals surface area contributed by atoms with Crippen molar-refractivity contribution >= 4 is 27.5 Å². The summed E-state index contributed by atoms with van der Waals surface area (Å²) in [6, 6.07) is 5.33. The van der Waals surface area contributed by atoms with Crippen molar-refractivity contribution in [2.75, 3.05) is 6.61 Å². The summed E-state index contributed by atoms with van der Waals surface area (Å²) in [6.45, 7) is 0.675. The minimum absolute atomic E-state index is 0.634. The molecule has 0 radical (unpaired) electrons. The van der Waals surface area contributed by atoms with Crippen LogP contribution in [0.1, 0.15) is 24.5 Å². The Kier molecular flexibility index (Phi) is 3.90. The van der Waals surface area contributed by atoms with E-state index in [0.29, 0.717) is 17.4 Å². The molecule has 0 fully saturated rings. The van der Waals surface area contributed by atoms with Gasteiger partial charge in [0.15, 0.2) is 0 Å². The van der Waals surface area contributed by atoms with Gasteiger partial charge in [0.2, 0.25) is 0 Å². The lowest BCUT2D eigenvalue weighted by Crippen LogP contribution is -2.10. The topological polar surface area (TPSA) is 29.5 Å². The lowest BCUT2D eigenvalue weighted by Gasteiger charge is -2.20. The average Bonchev–Trinajstić information content (AvgIpc) is 2.29. The van der Waals surface area contributed by atoms with Crippen molar-refractivity contribution in [3.63, 3.8) is 0 Å². The summed E-state index contributed by atoms with van der Waals surface area (Å²) < 4.78 is 6.23. The van der Waals surface area contributed by atoms with Gasteiger partial charge in [-0.3, -0.25) is 0 Å². The highest BCUT2D eigenvalue weighted by molar-refractivity contribution is 9.10. The van der Waals surface area contributed by atoms with Crippen LogP contribution in [0.15, 0.2) is 34.5 Å². The molecule has 1 aliphatic heterocycles. The van der Waals surface area contributed by atoms with Crippen LogP contribution in [0, 0.1) is 0 Å². The lowest BCUT2D eigenvalue weighted by atomic mass is 10.1. The summed E-state index contributed by atoms with van der Waals surface area (Å²) in [4.78, 5) is 0. The molecule has 1 aliphatic rings. The molecule has 1 unspecified atom stereocenters. The first-order valence-corrected chi connectivity index (χ1v) is 6.31. The Balaban J connectivity index is 2.26. The monoisotopic (exact) mass is 302 g/mol. The first-order chi connectivity index (χ1) is 7.68. The fourth-order valence-electron chi connectivity index (χ4n) is 1.64. The van der Waals surface area contributed by atoms with E-state index in [-0.39, 0.29) is 0 Å². The third-order valence-corrected chi connectivity index (χ3v) is 3.41. The van der Waals surface area contributed by atoms with Crippen LogP contribution in [0.25, 0.3) is 0 Å². The Labute approximate surface area is 108 Å². The van der Waals surface area contributed by atoms with E-state index in [1.165, 1.54) is 0 Å². The van der Waals surface area contributed by atoms with Gasteiger partial charge in [-0.2, -0.15) is 0 Å². The number of benzene rings is 1. The van der Waals surface area contributed by atoms with Crippen LogP contribution < -0.4 is 0 Å². The minimum atomic E-state index is -0.716. The zero-order chi connectivity index (χ0) is 11.5. The first kappa shape index (κ1) is 12.0. The fourth-order valence-corrected chi connectivity index (χ4v) is 2.54. The summed E-state index contributed by atoms with van der Waals surface area (Å²) in [7, 11) is 0. The molecule has 1 N–H and O–H groups in total. The number of rotatable bonds is 2. The molecular weight excluding hydrogens is 291 g/mol. The van der Waals surface area contributed by atoms with Gasteiger partial charge in [0.1, 0.15) is 11.9 Å². The van der Waals surface area contributed by atoms with Gasteiger partial charge in [0.25, 0.3) is 0 Å². The molecule has 0 saturated heterocycles. The predicted octanol–water partition coefficient (Wildman–Crippen LogP) is 3.83. The molecule has 0 bridgehead atoms. The van der Waals surface area contributed by atoms with Gasteiger partial charge in [0.05, 0.1) is 6.61 Å². The Morgan fingerprint density at radius 3 is 2.88 bits per heavy atom. The molecule has 86 valence electrons. The van der Waals surface area contributed by atoms with E-state index in [9.17, 15) is 5.11 Å². The van der Waals surface area contributed by atoms with Gasteiger partial charge >= 0.3 is 0 Å². The molecule has 2 nitrogen and oxygen atoms in total. The Hall–Kier alpha value is -0.510. The van der Waals surface area contributed by atoms with Crippen LogP contribution in [-0.2, 0) is 4.74 Å². The van der Waals surface area contributed by atoms with Crippen molar-refractivity contribution < 1.29 is 9.84 Å². The average molecular weight is 304 g/mol. The molecule has 0 aromatic heterocycles. The normalized spacial score (nSPS) is 17.6. The van der Waals surface area contributed by atoms with Gasteiger partial charge in [-0.15, -0.1) is 0 Å². The second-order valence-electron chi connectivity index (χ2n) is 3.67. The van der Waals surface area contributed by atoms with Gasteiger partial charge in [-0.1, -0.05) is 33.6 Å². The molecule has 0 aliphatic carbocycles. The van der Waals surface area contributed by atoms with Crippen LogP contribution in [0.3, 0.4) is 0 Å². The standard InChI is InChI=1S/C12H12BrClO2/c13-10-7-8(14)4-5-9(10)12(15)11-3-1-2-6-16-11/h3-5,7,12,15H,1-2,6H2. The summed E-state index contributed by atoms with van der Waals surface area (Å²) >= 11 is 9.24. The number of hydrogen-bond acceptors (Lipinski definition) is 2. The zero-order valence-corrected chi connectivity index (χ0v) is 11.0. The quantitative estimate of drug-likeness (QED) is 0.900. The highest BCUT2D eigenvalue weighted by Gasteiger charge is 2.19. The molecule has 0 amide bonds. The zero-order valence-electron chi connectivity index (χ0n) is 8.62. The van der Waals surface area contributed by atoms with E-state index in [1.54, 1.807) is 18.2 Å². The van der Waals surface area contributed by atoms with Crippen molar-refractivity contribution in [2.24, 2.45) is 0 Å². The maximum absolute atomic E-state index is 10.2. The van der Waals surface area contributed by atoms with E-state index >= 15 is 0 Å². The van der Waals surface area contributed by atoms with Crippen LogP contribution in [0.2, 0.25) is 5.02 Å². The predicted molar refractivity (Wildman–Crippen MR) is 67.4 cm³/mol. The summed E-state index contributed by atoms with van der Waals surface area (Å²) in [5.41, 5.74) is 0.776. The summed E-state index contributed by atoms with van der Waals surface area (Å²) in [5.74, 6) is 0.634. The van der Waals surface area contributed by atoms with Crippen LogP contribution in [-0.4, -0.2) is 11.7 Å². The van der Waals surface area contributed by atoms with Crippen molar-refractivity contribution in [1.29, 1.82) is 0 Å². The highest BCUT2D eigenvalue weighted by atomic mass is 79.9. The van der Waals surface area contributed by atoms with Crippen LogP contribution in [0.5, 0.6) is 0 Å². The number of halogens is 2. The molecule has 16 heavy (non-hydrogen) atoms. The second-order valence-corrected chi connectivity index (χ2v) is 4.96. The Morgan fingerprint density at radius 2 is 2.25 bits per heavy atom. The van der Waals surface area contributed by atoms with Gasteiger partial charge in [-0.25, -0.2) is 0 Å². The first-order valence-electron chi connectivity index (χ1n) is 5.14. The third kappa shape index (κ3) is 2.59. The Morgan fingerprint density at radius 1 is 1.44 bits per heavy atom. The highest BCUT2D eigenvalue weighted by Crippen LogP contribution is 2.32. The molecule has 1 aromatic rings. The van der Waals surface area contributed by atoms with E-state index in [4.69, 9.17) is 16.3 Å². The van der Waals surface area contributed by atoms with Crippen molar-refractivity contribution in [3.8, 4) is 0 Å². The van der Waals surface area contributed by atoms with Gasteiger partial charge < -0.3 is 9.84 Å². The smallest absolute Gasteiger partial charge is 0.137 e. The summed E-state index contributed by atoms with van der Waals surface area (Å²) in [5, 5.41) is 10.8. The lowest BCUT2D eigenvalue weighted by molar-refractivity contribution is 0.0914. The molecular formula is C12H12BrClO2. The fraction of sp³-hybridized carbons (Fsp3) is 0.333. The SMILES string of the molecule is OC(C1=CCCCO1)c1ccc(Cl)cc1Br. The van der Waals surface area contributed by atoms with Crippen LogP contribution in [0.4, 0.5) is 0 Å². The number of ether oxygens (including phenoxy) is 1. The molecule has 0 spiro atoms. The van der Waals surface area contributed by atoms with E-state index in [2.05, 4.69) is 15.9 Å². The van der Waals surface area contributed by atoms with Gasteiger partial charge in [-0.05, 0) is 31.1 Å². The molecule has 4 heteroatoms. The van der Waals surface area contributed by atoms with Gasteiger partial charge in [0, 0.05) is 15.1 Å². The number of allylic oxidation sites excluding steroid dienone is 1. The maximum Gasteiger partial charge on any atom is 0.137 e. The van der Waals surface area contributed by atoms with Crippen LogP contribution >= 0.6 is 27.5 Å². The molecule has 1 heterocycles. The number of aliphatic hydroxyl groups excluding tert-OH is 1. The van der Waals surface area contributed by atoms with Crippen molar-refractivity contribution in [1.82, 2.24) is 0 Å².